The molecule has 164 valence electrons. The Morgan fingerprint density at radius 2 is 1.57 bits per heavy atom. The van der Waals surface area contributed by atoms with Crippen LogP contribution in [-0.2, 0) is 21.2 Å². The molecule has 0 saturated heterocycles. The molecular formula is C23H33N3O3S. The van der Waals surface area contributed by atoms with Crippen LogP contribution >= 0.6 is 0 Å². The van der Waals surface area contributed by atoms with Gasteiger partial charge in [-0.3, -0.25) is 4.79 Å². The Morgan fingerprint density at radius 1 is 0.933 bits per heavy atom. The van der Waals surface area contributed by atoms with Crippen LogP contribution in [-0.4, -0.2) is 44.8 Å². The molecule has 0 aliphatic carbocycles. The highest BCUT2D eigenvalue weighted by Crippen LogP contribution is 2.30. The molecule has 0 aliphatic heterocycles. The van der Waals surface area contributed by atoms with Crippen molar-refractivity contribution in [1.29, 1.82) is 0 Å². The second-order valence-electron chi connectivity index (χ2n) is 7.09. The molecule has 0 atom stereocenters. The molecule has 0 aromatic heterocycles. The van der Waals surface area contributed by atoms with Gasteiger partial charge < -0.3 is 10.2 Å². The lowest BCUT2D eigenvalue weighted by molar-refractivity contribution is -0.115. The van der Waals surface area contributed by atoms with Crippen LogP contribution in [0.4, 0.5) is 11.4 Å². The van der Waals surface area contributed by atoms with Crippen molar-refractivity contribution in [1.82, 2.24) is 4.31 Å². The third kappa shape index (κ3) is 5.40. The number of rotatable bonds is 10. The van der Waals surface area contributed by atoms with E-state index < -0.39 is 10.0 Å². The molecule has 2 rings (SSSR count). The number of amides is 1. The van der Waals surface area contributed by atoms with Crippen LogP contribution in [0.2, 0.25) is 0 Å². The minimum atomic E-state index is -3.62. The van der Waals surface area contributed by atoms with Crippen molar-refractivity contribution < 1.29 is 13.2 Å². The molecule has 0 fully saturated rings. The molecule has 30 heavy (non-hydrogen) atoms. The van der Waals surface area contributed by atoms with Gasteiger partial charge in [0.1, 0.15) is 0 Å². The topological polar surface area (TPSA) is 69.7 Å². The highest BCUT2D eigenvalue weighted by molar-refractivity contribution is 7.89. The van der Waals surface area contributed by atoms with Gasteiger partial charge >= 0.3 is 0 Å². The van der Waals surface area contributed by atoms with E-state index in [1.165, 1.54) is 4.31 Å². The monoisotopic (exact) mass is 431 g/mol. The Kier molecular flexibility index (Phi) is 8.43. The predicted molar refractivity (Wildman–Crippen MR) is 124 cm³/mol. The second kappa shape index (κ2) is 10.6. The maximum atomic E-state index is 13.0. The van der Waals surface area contributed by atoms with E-state index in [1.807, 2.05) is 58.9 Å². The number of sulfonamides is 1. The molecular weight excluding hydrogens is 398 g/mol. The van der Waals surface area contributed by atoms with Crippen molar-refractivity contribution in [3.8, 4) is 0 Å². The van der Waals surface area contributed by atoms with E-state index in [1.54, 1.807) is 18.2 Å². The zero-order chi connectivity index (χ0) is 22.3. The molecule has 6 nitrogen and oxygen atoms in total. The maximum Gasteiger partial charge on any atom is 0.243 e. The van der Waals surface area contributed by atoms with Gasteiger partial charge in [-0.15, -0.1) is 0 Å². The molecule has 1 amide bonds. The Morgan fingerprint density at radius 3 is 2.13 bits per heavy atom. The number of carbonyl (C=O) groups excluding carboxylic acids is 1. The molecule has 0 aliphatic rings. The van der Waals surface area contributed by atoms with Gasteiger partial charge in [-0.1, -0.05) is 38.1 Å². The van der Waals surface area contributed by atoms with E-state index in [2.05, 4.69) is 10.2 Å². The van der Waals surface area contributed by atoms with Crippen LogP contribution in [0, 0.1) is 6.92 Å². The first kappa shape index (κ1) is 23.9. The number of benzene rings is 2. The van der Waals surface area contributed by atoms with Crippen molar-refractivity contribution in [2.45, 2.75) is 45.9 Å². The number of carbonyl (C=O) groups is 1. The molecule has 0 radical (unpaired) electrons. The van der Waals surface area contributed by atoms with E-state index >= 15 is 0 Å². The molecule has 1 N–H and O–H groups in total. The lowest BCUT2D eigenvalue weighted by Crippen LogP contribution is -2.31. The van der Waals surface area contributed by atoms with Gasteiger partial charge in [-0.05, 0) is 50.1 Å². The quantitative estimate of drug-likeness (QED) is 0.616. The fourth-order valence-corrected chi connectivity index (χ4v) is 4.99. The summed E-state index contributed by atoms with van der Waals surface area (Å²) in [7, 11) is -3.62. The maximum absolute atomic E-state index is 13.0. The summed E-state index contributed by atoms with van der Waals surface area (Å²) in [6.45, 7) is 12.0. The summed E-state index contributed by atoms with van der Waals surface area (Å²) >= 11 is 0. The van der Waals surface area contributed by atoms with Gasteiger partial charge in [-0.2, -0.15) is 4.31 Å². The van der Waals surface area contributed by atoms with Gasteiger partial charge in [-0.25, -0.2) is 8.42 Å². The number of hydrogen-bond donors (Lipinski definition) is 1. The predicted octanol–water partition coefficient (Wildman–Crippen LogP) is 4.05. The van der Waals surface area contributed by atoms with Crippen molar-refractivity contribution in [3.05, 3.63) is 53.6 Å². The van der Waals surface area contributed by atoms with E-state index in [-0.39, 0.29) is 17.2 Å². The summed E-state index contributed by atoms with van der Waals surface area (Å²) in [6.07, 6.45) is 0.234. The van der Waals surface area contributed by atoms with Crippen molar-refractivity contribution in [2.24, 2.45) is 0 Å². The Hall–Kier alpha value is -2.38. The summed E-state index contributed by atoms with van der Waals surface area (Å²) in [4.78, 5) is 15.1. The fraction of sp³-hybridized carbons (Fsp3) is 0.435. The van der Waals surface area contributed by atoms with Gasteiger partial charge in [0.15, 0.2) is 0 Å². The highest BCUT2D eigenvalue weighted by Gasteiger charge is 2.24. The van der Waals surface area contributed by atoms with Crippen LogP contribution in [0.1, 0.15) is 38.8 Å². The molecule has 0 heterocycles. The van der Waals surface area contributed by atoms with Crippen LogP contribution in [0.15, 0.2) is 47.4 Å². The lowest BCUT2D eigenvalue weighted by Gasteiger charge is -2.26. The van der Waals surface area contributed by atoms with Crippen molar-refractivity contribution >= 4 is 27.3 Å². The molecule has 0 spiro atoms. The first-order valence-electron chi connectivity index (χ1n) is 10.5. The summed E-state index contributed by atoms with van der Waals surface area (Å²) in [5.41, 5.74) is 3.34. The zero-order valence-corrected chi connectivity index (χ0v) is 19.4. The van der Waals surface area contributed by atoms with Crippen LogP contribution < -0.4 is 10.2 Å². The molecule has 2 aromatic rings. The Labute approximate surface area is 180 Å². The largest absolute Gasteiger partial charge is 0.370 e. The Balaban J connectivity index is 2.43. The van der Waals surface area contributed by atoms with Crippen LogP contribution in [0.3, 0.4) is 0 Å². The van der Waals surface area contributed by atoms with Gasteiger partial charge in [0, 0.05) is 26.2 Å². The average Bonchev–Trinajstić information content (AvgIpc) is 2.72. The zero-order valence-electron chi connectivity index (χ0n) is 18.6. The molecule has 7 heteroatoms. The summed E-state index contributed by atoms with van der Waals surface area (Å²) in [5, 5.41) is 2.96. The van der Waals surface area contributed by atoms with Crippen molar-refractivity contribution in [3.63, 3.8) is 0 Å². The highest BCUT2D eigenvalue weighted by atomic mass is 32.2. The number of anilines is 2. The second-order valence-corrected chi connectivity index (χ2v) is 9.03. The minimum absolute atomic E-state index is 0.171. The first-order valence-corrected chi connectivity index (χ1v) is 12.0. The molecule has 0 bridgehead atoms. The molecule has 0 saturated carbocycles. The Bertz CT molecular complexity index is 965. The summed E-state index contributed by atoms with van der Waals surface area (Å²) in [5.74, 6) is -0.171. The summed E-state index contributed by atoms with van der Waals surface area (Å²) in [6, 6.07) is 12.7. The summed E-state index contributed by atoms with van der Waals surface area (Å²) < 4.78 is 27.4. The third-order valence-corrected chi connectivity index (χ3v) is 7.35. The fourth-order valence-electron chi connectivity index (χ4n) is 3.50. The average molecular weight is 432 g/mol. The molecule has 2 aromatic carbocycles. The normalized spacial score (nSPS) is 11.5. The van der Waals surface area contributed by atoms with E-state index in [0.29, 0.717) is 18.8 Å². The standard InChI is InChI=1S/C23H33N3O3S/c1-6-25(7-2)22-15-14-20(30(28,29)26(8-3)9-4)17-21(22)24-23(27)16-19-13-11-10-12-18(19)5/h10-15,17H,6-9,16H2,1-5H3,(H,24,27). The SMILES string of the molecule is CCN(CC)c1ccc(S(=O)(=O)N(CC)CC)cc1NC(=O)Cc1ccccc1C. The van der Waals surface area contributed by atoms with Crippen LogP contribution in [0.25, 0.3) is 0 Å². The first-order chi connectivity index (χ1) is 14.3. The van der Waals surface area contributed by atoms with E-state index in [9.17, 15) is 13.2 Å². The smallest absolute Gasteiger partial charge is 0.243 e. The minimum Gasteiger partial charge on any atom is -0.370 e. The number of hydrogen-bond acceptors (Lipinski definition) is 4. The number of aryl methyl sites for hydroxylation is 1. The van der Waals surface area contributed by atoms with E-state index in [0.717, 1.165) is 29.9 Å². The third-order valence-electron chi connectivity index (χ3n) is 5.30. The van der Waals surface area contributed by atoms with Gasteiger partial charge in [0.2, 0.25) is 15.9 Å². The number of nitrogens with one attached hydrogen (secondary N) is 1. The van der Waals surface area contributed by atoms with Crippen molar-refractivity contribution in [2.75, 3.05) is 36.4 Å². The number of nitrogens with zero attached hydrogens (tertiary/aromatic N) is 2. The lowest BCUT2D eigenvalue weighted by atomic mass is 10.1. The molecule has 0 unspecified atom stereocenters. The van der Waals surface area contributed by atoms with Crippen LogP contribution in [0.5, 0.6) is 0 Å². The van der Waals surface area contributed by atoms with E-state index in [4.69, 9.17) is 0 Å². The van der Waals surface area contributed by atoms with Gasteiger partial charge in [0.05, 0.1) is 22.7 Å². The van der Waals surface area contributed by atoms with Gasteiger partial charge in [0.25, 0.3) is 0 Å².